The Morgan fingerprint density at radius 3 is 2.87 bits per heavy atom. The number of aryl methyl sites for hydroxylation is 1. The minimum Gasteiger partial charge on any atom is -0.460 e. The predicted molar refractivity (Wildman–Crippen MR) is 140 cm³/mol. The number of aromatic nitrogens is 2. The molecule has 0 saturated heterocycles. The number of amides is 2. The van der Waals surface area contributed by atoms with Crippen molar-refractivity contribution in [3.8, 4) is 17.6 Å². The van der Waals surface area contributed by atoms with Crippen molar-refractivity contribution in [2.75, 3.05) is 6.79 Å². The fourth-order valence-corrected chi connectivity index (χ4v) is 4.96. The molecule has 2 N–H and O–H groups in total. The fraction of sp³-hybridized carbons (Fsp3) is 0.207. The third-order valence-corrected chi connectivity index (χ3v) is 6.83. The molecule has 0 fully saturated rings. The minimum atomic E-state index is -0.866. The van der Waals surface area contributed by atoms with E-state index in [0.29, 0.717) is 46.8 Å². The summed E-state index contributed by atoms with van der Waals surface area (Å²) in [4.78, 5) is 38.1. The molecule has 10 heteroatoms. The van der Waals surface area contributed by atoms with Crippen molar-refractivity contribution in [3.05, 3.63) is 89.2 Å². The number of nitriles is 1. The van der Waals surface area contributed by atoms with Gasteiger partial charge in [0, 0.05) is 29.1 Å². The number of fused-ring (bicyclic) bond motifs is 2. The maximum Gasteiger partial charge on any atom is 0.341 e. The molecule has 2 aromatic heterocycles. The first kappa shape index (κ1) is 24.2. The van der Waals surface area contributed by atoms with Crippen LogP contribution in [0.1, 0.15) is 34.7 Å². The molecule has 4 heterocycles. The van der Waals surface area contributed by atoms with E-state index in [1.165, 1.54) is 0 Å². The number of carbonyl (C=O) groups excluding carboxylic acids is 2. The smallest absolute Gasteiger partial charge is 0.341 e. The number of pyridine rings is 1. The lowest BCUT2D eigenvalue weighted by atomic mass is 9.85. The van der Waals surface area contributed by atoms with Crippen molar-refractivity contribution < 1.29 is 23.8 Å². The topological polar surface area (TPSA) is 139 Å². The number of aliphatic imine (C=N–C) groups is 1. The standard InChI is InChI=1S/C29H23N5O5/c30-13-18-3-1-4-19(11-18)15-37-28(35)25-22(8-6-17-7-9-23-24(12-17)39-16-38-23)33-29(36)34-26(25)21-14-32-27-20(21)5-2-10-31-27/h1-5,7,9-12,14,25-26H,6,8,15-16H2,(H,31,32)(H,34,36). The predicted octanol–water partition coefficient (Wildman–Crippen LogP) is 4.36. The molecule has 0 saturated carbocycles. The Morgan fingerprint density at radius 2 is 1.97 bits per heavy atom. The fourth-order valence-electron chi connectivity index (χ4n) is 4.96. The van der Waals surface area contributed by atoms with Crippen LogP contribution in [0.25, 0.3) is 11.0 Å². The molecule has 0 aliphatic carbocycles. The zero-order valence-corrected chi connectivity index (χ0v) is 20.7. The molecule has 2 amide bonds. The molecule has 39 heavy (non-hydrogen) atoms. The second-order valence-electron chi connectivity index (χ2n) is 9.26. The van der Waals surface area contributed by atoms with Gasteiger partial charge in [0.05, 0.1) is 17.7 Å². The van der Waals surface area contributed by atoms with Crippen LogP contribution < -0.4 is 14.8 Å². The van der Waals surface area contributed by atoms with E-state index in [1.807, 2.05) is 24.3 Å². The summed E-state index contributed by atoms with van der Waals surface area (Å²) in [5.74, 6) is -0.0428. The lowest BCUT2D eigenvalue weighted by molar-refractivity contribution is -0.148. The number of nitrogens with zero attached hydrogens (tertiary/aromatic N) is 3. The largest absolute Gasteiger partial charge is 0.460 e. The molecule has 2 aliphatic rings. The highest BCUT2D eigenvalue weighted by Gasteiger charge is 2.40. The van der Waals surface area contributed by atoms with Gasteiger partial charge in [0.2, 0.25) is 6.79 Å². The molecule has 0 radical (unpaired) electrons. The summed E-state index contributed by atoms with van der Waals surface area (Å²) < 4.78 is 16.6. The van der Waals surface area contributed by atoms with Gasteiger partial charge in [0.15, 0.2) is 11.5 Å². The van der Waals surface area contributed by atoms with Gasteiger partial charge in [-0.05, 0) is 60.4 Å². The van der Waals surface area contributed by atoms with Crippen LogP contribution in [0.3, 0.4) is 0 Å². The van der Waals surface area contributed by atoms with Crippen LogP contribution in [-0.2, 0) is 22.6 Å². The van der Waals surface area contributed by atoms with Crippen molar-refractivity contribution in [2.45, 2.75) is 25.5 Å². The van der Waals surface area contributed by atoms with E-state index in [4.69, 9.17) is 14.2 Å². The molecule has 0 bridgehead atoms. The van der Waals surface area contributed by atoms with Gasteiger partial charge in [0.1, 0.15) is 18.2 Å². The van der Waals surface area contributed by atoms with Crippen LogP contribution in [0.4, 0.5) is 4.79 Å². The van der Waals surface area contributed by atoms with Gasteiger partial charge in [-0.3, -0.25) is 4.79 Å². The van der Waals surface area contributed by atoms with E-state index in [2.05, 4.69) is 26.3 Å². The molecular weight excluding hydrogens is 498 g/mol. The number of esters is 1. The molecule has 2 atom stereocenters. The summed E-state index contributed by atoms with van der Waals surface area (Å²) in [5.41, 5.74) is 3.91. The van der Waals surface area contributed by atoms with E-state index >= 15 is 0 Å². The Bertz CT molecular complexity index is 1650. The number of carbonyl (C=O) groups is 2. The van der Waals surface area contributed by atoms with Crippen LogP contribution in [0.5, 0.6) is 11.5 Å². The number of hydrogen-bond donors (Lipinski definition) is 2. The second kappa shape index (κ2) is 10.3. The van der Waals surface area contributed by atoms with Crippen LogP contribution in [0.2, 0.25) is 0 Å². The highest BCUT2D eigenvalue weighted by molar-refractivity contribution is 6.09. The first-order valence-corrected chi connectivity index (χ1v) is 12.4. The molecule has 2 unspecified atom stereocenters. The number of nitrogens with one attached hydrogen (secondary N) is 2. The SMILES string of the molecule is N#Cc1cccc(COC(=O)C2C(CCc3ccc4c(c3)OCO4)=NC(=O)NC2c2c[nH]c3ncccc23)c1. The number of aromatic amines is 1. The summed E-state index contributed by atoms with van der Waals surface area (Å²) in [7, 11) is 0. The number of benzene rings is 2. The highest BCUT2D eigenvalue weighted by atomic mass is 16.7. The molecule has 2 aromatic carbocycles. The summed E-state index contributed by atoms with van der Waals surface area (Å²) >= 11 is 0. The lowest BCUT2D eigenvalue weighted by Crippen LogP contribution is -2.45. The maximum absolute atomic E-state index is 13.7. The van der Waals surface area contributed by atoms with Gasteiger partial charge < -0.3 is 24.5 Å². The zero-order chi connectivity index (χ0) is 26.8. The Morgan fingerprint density at radius 1 is 1.08 bits per heavy atom. The lowest BCUT2D eigenvalue weighted by Gasteiger charge is -2.30. The van der Waals surface area contributed by atoms with Gasteiger partial charge in [-0.1, -0.05) is 18.2 Å². The van der Waals surface area contributed by atoms with Crippen LogP contribution >= 0.6 is 0 Å². The van der Waals surface area contributed by atoms with Gasteiger partial charge in [-0.25, -0.2) is 14.8 Å². The van der Waals surface area contributed by atoms with E-state index in [9.17, 15) is 14.9 Å². The van der Waals surface area contributed by atoms with Crippen molar-refractivity contribution in [3.63, 3.8) is 0 Å². The third-order valence-electron chi connectivity index (χ3n) is 6.83. The molecular formula is C29H23N5O5. The van der Waals surface area contributed by atoms with Gasteiger partial charge in [-0.2, -0.15) is 5.26 Å². The number of urea groups is 1. The average molecular weight is 522 g/mol. The van der Waals surface area contributed by atoms with E-state index in [0.717, 1.165) is 16.5 Å². The zero-order valence-electron chi connectivity index (χ0n) is 20.7. The Labute approximate surface area is 223 Å². The second-order valence-corrected chi connectivity index (χ2v) is 9.26. The third kappa shape index (κ3) is 4.90. The Hall–Kier alpha value is -5.17. The summed E-state index contributed by atoms with van der Waals surface area (Å²) in [6, 6.07) is 17.1. The van der Waals surface area contributed by atoms with Gasteiger partial charge in [-0.15, -0.1) is 0 Å². The van der Waals surface area contributed by atoms with E-state index < -0.39 is 24.0 Å². The van der Waals surface area contributed by atoms with Gasteiger partial charge >= 0.3 is 12.0 Å². The number of ether oxygens (including phenoxy) is 3. The van der Waals surface area contributed by atoms with Crippen molar-refractivity contribution in [1.29, 1.82) is 5.26 Å². The molecule has 4 aromatic rings. The quantitative estimate of drug-likeness (QED) is 0.345. The van der Waals surface area contributed by atoms with Crippen LogP contribution in [0, 0.1) is 17.2 Å². The summed E-state index contributed by atoms with van der Waals surface area (Å²) in [6.45, 7) is 0.161. The molecule has 6 rings (SSSR count). The minimum absolute atomic E-state index is 0.0175. The first-order chi connectivity index (χ1) is 19.1. The van der Waals surface area contributed by atoms with Gasteiger partial charge in [0.25, 0.3) is 0 Å². The Balaban J connectivity index is 1.30. The molecule has 194 valence electrons. The first-order valence-electron chi connectivity index (χ1n) is 12.4. The highest BCUT2D eigenvalue weighted by Crippen LogP contribution is 2.35. The Kier molecular flexibility index (Phi) is 6.39. The molecule has 2 aliphatic heterocycles. The van der Waals surface area contributed by atoms with Crippen LogP contribution in [0.15, 0.2) is 72.0 Å². The molecule has 0 spiro atoms. The van der Waals surface area contributed by atoms with Crippen molar-refractivity contribution in [2.24, 2.45) is 10.9 Å². The number of rotatable bonds is 7. The normalized spacial score (nSPS) is 17.8. The van der Waals surface area contributed by atoms with Crippen LogP contribution in [-0.4, -0.2) is 34.5 Å². The van der Waals surface area contributed by atoms with E-state index in [1.54, 1.807) is 42.7 Å². The average Bonchev–Trinajstić information content (AvgIpc) is 3.61. The maximum atomic E-state index is 13.7. The number of hydrogen-bond acceptors (Lipinski definition) is 7. The van der Waals surface area contributed by atoms with Crippen molar-refractivity contribution >= 4 is 28.7 Å². The van der Waals surface area contributed by atoms with Crippen molar-refractivity contribution in [1.82, 2.24) is 15.3 Å². The summed E-state index contributed by atoms with van der Waals surface area (Å²) in [5, 5.41) is 12.9. The van der Waals surface area contributed by atoms with E-state index in [-0.39, 0.29) is 13.4 Å². The number of H-pyrrole nitrogens is 1. The summed E-state index contributed by atoms with van der Waals surface area (Å²) in [6.07, 6.45) is 4.30. The monoisotopic (exact) mass is 521 g/mol. The molecule has 10 nitrogen and oxygen atoms in total.